The van der Waals surface area contributed by atoms with Crippen LogP contribution < -0.4 is 0 Å². The van der Waals surface area contributed by atoms with Crippen LogP contribution in [0.15, 0.2) is 0 Å². The second-order valence-electron chi connectivity index (χ2n) is 10.5. The molecule has 174 valence electrons. The Bertz CT molecular complexity index is 412. The second kappa shape index (κ2) is 14.0. The van der Waals surface area contributed by atoms with Gasteiger partial charge in [0.1, 0.15) is 12.3 Å². The van der Waals surface area contributed by atoms with E-state index in [4.69, 9.17) is 4.74 Å². The van der Waals surface area contributed by atoms with Crippen LogP contribution in [-0.2, 0) is 4.74 Å². The average molecular weight is 417 g/mol. The maximum atomic E-state index is 14.9. The van der Waals surface area contributed by atoms with Gasteiger partial charge in [-0.05, 0) is 69.1 Å². The average Bonchev–Trinajstić information content (AvgIpc) is 2.76. The highest BCUT2D eigenvalue weighted by molar-refractivity contribution is 4.86. The normalized spacial score (nSPS) is 29.1. The number of hydrogen-bond donors (Lipinski definition) is 0. The van der Waals surface area contributed by atoms with Gasteiger partial charge in [0, 0.05) is 6.42 Å². The first-order valence-corrected chi connectivity index (χ1v) is 12.6. The molecule has 0 aliphatic heterocycles. The summed E-state index contributed by atoms with van der Waals surface area (Å²) in [5.41, 5.74) is 0. The van der Waals surface area contributed by atoms with Crippen molar-refractivity contribution in [2.24, 2.45) is 29.6 Å². The molecule has 3 heteroatoms. The molecule has 0 bridgehead atoms. The third-order valence-electron chi connectivity index (χ3n) is 7.19. The Morgan fingerprint density at radius 1 is 0.828 bits per heavy atom. The van der Waals surface area contributed by atoms with Gasteiger partial charge < -0.3 is 4.74 Å². The molecular weight excluding hydrogens is 366 g/mol. The summed E-state index contributed by atoms with van der Waals surface area (Å²) in [6.45, 7) is 15.3. The van der Waals surface area contributed by atoms with E-state index in [2.05, 4.69) is 34.6 Å². The van der Waals surface area contributed by atoms with E-state index in [9.17, 15) is 8.78 Å². The van der Waals surface area contributed by atoms with Crippen LogP contribution in [-0.4, -0.2) is 24.6 Å². The maximum Gasteiger partial charge on any atom is 0.127 e. The molecule has 1 fully saturated rings. The molecule has 0 spiro atoms. The quantitative estimate of drug-likeness (QED) is 0.273. The molecule has 0 saturated heterocycles. The molecule has 0 amide bonds. The first kappa shape index (κ1) is 26.9. The van der Waals surface area contributed by atoms with Gasteiger partial charge in [-0.3, -0.25) is 0 Å². The largest absolute Gasteiger partial charge is 0.372 e. The molecule has 0 aromatic rings. The predicted molar refractivity (Wildman–Crippen MR) is 122 cm³/mol. The van der Waals surface area contributed by atoms with Crippen LogP contribution in [0, 0.1) is 29.6 Å². The lowest BCUT2D eigenvalue weighted by Gasteiger charge is -2.30. The van der Waals surface area contributed by atoms with E-state index >= 15 is 0 Å². The summed E-state index contributed by atoms with van der Waals surface area (Å²) in [7, 11) is 0. The molecule has 1 aliphatic rings. The lowest BCUT2D eigenvalue weighted by Crippen LogP contribution is -2.30. The van der Waals surface area contributed by atoms with Crippen molar-refractivity contribution in [3.8, 4) is 0 Å². The lowest BCUT2D eigenvalue weighted by atomic mass is 9.76. The third-order valence-corrected chi connectivity index (χ3v) is 7.19. The van der Waals surface area contributed by atoms with Gasteiger partial charge >= 0.3 is 0 Å². The van der Waals surface area contributed by atoms with Crippen LogP contribution in [0.2, 0.25) is 0 Å². The summed E-state index contributed by atoms with van der Waals surface area (Å²) in [6, 6.07) is 0. The van der Waals surface area contributed by atoms with Gasteiger partial charge in [0.05, 0.1) is 12.2 Å². The lowest BCUT2D eigenvalue weighted by molar-refractivity contribution is -0.0483. The first-order chi connectivity index (χ1) is 13.7. The number of halogens is 2. The van der Waals surface area contributed by atoms with E-state index in [0.717, 1.165) is 24.7 Å². The predicted octanol–water partition coefficient (Wildman–Crippen LogP) is 8.55. The molecule has 0 N–H and O–H groups in total. The SMILES string of the molecule is CCCC(CCC(C)C)C(C)CCC(CC)C1CC(F)CC(OC(C)C)C(F)C1. The van der Waals surface area contributed by atoms with Gasteiger partial charge in [-0.25, -0.2) is 8.78 Å². The van der Waals surface area contributed by atoms with Gasteiger partial charge in [-0.1, -0.05) is 66.7 Å². The summed E-state index contributed by atoms with van der Waals surface area (Å²) in [4.78, 5) is 0. The first-order valence-electron chi connectivity index (χ1n) is 12.6. The summed E-state index contributed by atoms with van der Waals surface area (Å²) >= 11 is 0. The zero-order chi connectivity index (χ0) is 22.0. The number of hydrogen-bond acceptors (Lipinski definition) is 1. The monoisotopic (exact) mass is 416 g/mol. The topological polar surface area (TPSA) is 9.23 Å². The van der Waals surface area contributed by atoms with E-state index in [1.165, 1.54) is 32.1 Å². The Balaban J connectivity index is 2.66. The Morgan fingerprint density at radius 3 is 2.07 bits per heavy atom. The summed E-state index contributed by atoms with van der Waals surface area (Å²) < 4.78 is 35.2. The Labute approximate surface area is 180 Å². The van der Waals surface area contributed by atoms with Crippen molar-refractivity contribution in [1.82, 2.24) is 0 Å². The van der Waals surface area contributed by atoms with Crippen molar-refractivity contribution in [3.63, 3.8) is 0 Å². The molecule has 29 heavy (non-hydrogen) atoms. The molecule has 1 nitrogen and oxygen atoms in total. The van der Waals surface area contributed by atoms with Crippen LogP contribution in [0.5, 0.6) is 0 Å². The summed E-state index contributed by atoms with van der Waals surface area (Å²) in [5.74, 6) is 2.84. The molecule has 1 saturated carbocycles. The standard InChI is InChI=1S/C26H50F2O/c1-8-10-22(13-11-18(3)4)20(7)12-14-21(9-2)23-15-24(27)17-26(25(28)16-23)29-19(5)6/h18-26H,8-17H2,1-7H3. The van der Waals surface area contributed by atoms with Crippen molar-refractivity contribution in [3.05, 3.63) is 0 Å². The fourth-order valence-electron chi connectivity index (χ4n) is 5.35. The zero-order valence-electron chi connectivity index (χ0n) is 20.4. The minimum Gasteiger partial charge on any atom is -0.372 e. The van der Waals surface area contributed by atoms with E-state index in [-0.39, 0.29) is 18.4 Å². The van der Waals surface area contributed by atoms with Crippen LogP contribution in [0.3, 0.4) is 0 Å². The van der Waals surface area contributed by atoms with Crippen LogP contribution in [0.25, 0.3) is 0 Å². The zero-order valence-corrected chi connectivity index (χ0v) is 20.4. The number of ether oxygens (including phenoxy) is 1. The fourth-order valence-corrected chi connectivity index (χ4v) is 5.35. The Morgan fingerprint density at radius 2 is 1.52 bits per heavy atom. The van der Waals surface area contributed by atoms with Crippen LogP contribution in [0.1, 0.15) is 113 Å². The molecule has 0 heterocycles. The molecule has 0 aromatic carbocycles. The highest BCUT2D eigenvalue weighted by Crippen LogP contribution is 2.38. The highest BCUT2D eigenvalue weighted by Gasteiger charge is 2.37. The van der Waals surface area contributed by atoms with Gasteiger partial charge in [0.15, 0.2) is 0 Å². The Hall–Kier alpha value is -0.180. The van der Waals surface area contributed by atoms with Gasteiger partial charge in [-0.2, -0.15) is 0 Å². The third kappa shape index (κ3) is 10.1. The minimum atomic E-state index is -1.03. The van der Waals surface area contributed by atoms with Crippen molar-refractivity contribution in [1.29, 1.82) is 0 Å². The molecule has 7 unspecified atom stereocenters. The minimum absolute atomic E-state index is 0.0499. The maximum absolute atomic E-state index is 14.9. The van der Waals surface area contributed by atoms with Crippen LogP contribution >= 0.6 is 0 Å². The van der Waals surface area contributed by atoms with Crippen molar-refractivity contribution < 1.29 is 13.5 Å². The van der Waals surface area contributed by atoms with E-state index < -0.39 is 18.4 Å². The van der Waals surface area contributed by atoms with Crippen LogP contribution in [0.4, 0.5) is 8.78 Å². The summed E-state index contributed by atoms with van der Waals surface area (Å²) in [5, 5.41) is 0. The Kier molecular flexibility index (Phi) is 13.0. The van der Waals surface area contributed by atoms with E-state index in [1.54, 1.807) is 0 Å². The molecule has 1 aliphatic carbocycles. The fraction of sp³-hybridized carbons (Fsp3) is 1.00. The smallest absolute Gasteiger partial charge is 0.127 e. The van der Waals surface area contributed by atoms with Crippen molar-refractivity contribution in [2.75, 3.05) is 0 Å². The molecular formula is C26H50F2O. The van der Waals surface area contributed by atoms with E-state index in [1.807, 2.05) is 13.8 Å². The van der Waals surface area contributed by atoms with Gasteiger partial charge in [-0.15, -0.1) is 0 Å². The number of alkyl halides is 2. The molecule has 1 rings (SSSR count). The second-order valence-corrected chi connectivity index (χ2v) is 10.5. The van der Waals surface area contributed by atoms with Crippen molar-refractivity contribution >= 4 is 0 Å². The van der Waals surface area contributed by atoms with E-state index in [0.29, 0.717) is 24.7 Å². The molecule has 7 atom stereocenters. The highest BCUT2D eigenvalue weighted by atomic mass is 19.1. The molecule has 0 radical (unpaired) electrons. The summed E-state index contributed by atoms with van der Waals surface area (Å²) in [6.07, 6.45) is 7.11. The van der Waals surface area contributed by atoms with Gasteiger partial charge in [0.2, 0.25) is 0 Å². The van der Waals surface area contributed by atoms with Crippen molar-refractivity contribution in [2.45, 2.75) is 137 Å². The number of rotatable bonds is 13. The molecule has 0 aromatic heterocycles. The van der Waals surface area contributed by atoms with Gasteiger partial charge in [0.25, 0.3) is 0 Å².